The van der Waals surface area contributed by atoms with Gasteiger partial charge in [0.25, 0.3) is 0 Å². The molecule has 1 heterocycles. The first-order valence-electron chi connectivity index (χ1n) is 3.89. The van der Waals surface area contributed by atoms with Crippen LogP contribution in [0, 0.1) is 6.92 Å². The molecule has 12 heavy (non-hydrogen) atoms. The molecule has 0 saturated carbocycles. The second-order valence-electron chi connectivity index (χ2n) is 2.88. The van der Waals surface area contributed by atoms with E-state index in [2.05, 4.69) is 18.0 Å². The van der Waals surface area contributed by atoms with Crippen molar-refractivity contribution in [1.29, 1.82) is 0 Å². The molecule has 2 heteroatoms. The summed E-state index contributed by atoms with van der Waals surface area (Å²) in [6.45, 7) is 2.07. The summed E-state index contributed by atoms with van der Waals surface area (Å²) in [7, 11) is 0. The lowest BCUT2D eigenvalue weighted by atomic mass is 10.1. The molecule has 2 N–H and O–H groups in total. The van der Waals surface area contributed by atoms with E-state index >= 15 is 0 Å². The summed E-state index contributed by atoms with van der Waals surface area (Å²) in [6, 6.07) is 9.87. The number of benzene rings is 1. The highest BCUT2D eigenvalue weighted by molar-refractivity contribution is 5.83. The maximum absolute atomic E-state index is 5.56. The zero-order valence-corrected chi connectivity index (χ0v) is 6.91. The number of hydrogen-bond donors (Lipinski definition) is 1. The Morgan fingerprint density at radius 2 is 2.00 bits per heavy atom. The Morgan fingerprint density at radius 1 is 1.17 bits per heavy atom. The number of nitrogens with two attached hydrogens (primary N) is 1. The number of pyridine rings is 1. The maximum atomic E-state index is 5.56. The van der Waals surface area contributed by atoms with Crippen molar-refractivity contribution in [3.8, 4) is 0 Å². The van der Waals surface area contributed by atoms with Crippen LogP contribution < -0.4 is 5.73 Å². The lowest BCUT2D eigenvalue weighted by molar-refractivity contribution is 1.40. The molecule has 0 radical (unpaired) electrons. The predicted octanol–water partition coefficient (Wildman–Crippen LogP) is 2.13. The first-order valence-corrected chi connectivity index (χ1v) is 3.89. The summed E-state index contributed by atoms with van der Waals surface area (Å²) < 4.78 is 0. The van der Waals surface area contributed by atoms with E-state index in [1.807, 2.05) is 24.3 Å². The van der Waals surface area contributed by atoms with Gasteiger partial charge in [0.2, 0.25) is 0 Å². The van der Waals surface area contributed by atoms with Gasteiger partial charge in [-0.3, -0.25) is 0 Å². The molecule has 1 aromatic carbocycles. The van der Waals surface area contributed by atoms with Crippen LogP contribution >= 0.6 is 0 Å². The molecule has 0 saturated heterocycles. The summed E-state index contributed by atoms with van der Waals surface area (Å²) in [5, 5.41) is 1.17. The molecule has 2 rings (SSSR count). The van der Waals surface area contributed by atoms with Crippen LogP contribution in [0.4, 0.5) is 5.82 Å². The first-order chi connectivity index (χ1) is 5.77. The minimum Gasteiger partial charge on any atom is -0.384 e. The molecule has 0 aliphatic carbocycles. The van der Waals surface area contributed by atoms with Gasteiger partial charge in [-0.15, -0.1) is 0 Å². The molecule has 0 unspecified atom stereocenters. The van der Waals surface area contributed by atoms with E-state index in [1.54, 1.807) is 0 Å². The van der Waals surface area contributed by atoms with E-state index in [4.69, 9.17) is 5.73 Å². The van der Waals surface area contributed by atoms with E-state index in [0.717, 1.165) is 5.52 Å². The fourth-order valence-electron chi connectivity index (χ4n) is 1.32. The van der Waals surface area contributed by atoms with Gasteiger partial charge in [-0.25, -0.2) is 4.98 Å². The van der Waals surface area contributed by atoms with E-state index in [9.17, 15) is 0 Å². The van der Waals surface area contributed by atoms with Crippen LogP contribution in [0.1, 0.15) is 5.56 Å². The van der Waals surface area contributed by atoms with Gasteiger partial charge in [-0.2, -0.15) is 0 Å². The molecular formula is C10H10N2. The average molecular weight is 158 g/mol. The molecule has 0 aliphatic heterocycles. The number of rotatable bonds is 0. The van der Waals surface area contributed by atoms with Gasteiger partial charge >= 0.3 is 0 Å². The van der Waals surface area contributed by atoms with Crippen molar-refractivity contribution in [1.82, 2.24) is 4.98 Å². The Morgan fingerprint density at radius 3 is 2.83 bits per heavy atom. The molecule has 1 aromatic heterocycles. The Balaban J connectivity index is 2.86. The first kappa shape index (κ1) is 7.10. The van der Waals surface area contributed by atoms with Gasteiger partial charge in [-0.1, -0.05) is 12.1 Å². The third-order valence-electron chi connectivity index (χ3n) is 1.97. The summed E-state index contributed by atoms with van der Waals surface area (Å²) >= 11 is 0. The molecule has 60 valence electrons. The van der Waals surface area contributed by atoms with Crippen LogP contribution in [0.15, 0.2) is 30.3 Å². The van der Waals surface area contributed by atoms with Crippen LogP contribution in [-0.4, -0.2) is 4.98 Å². The number of aryl methyl sites for hydroxylation is 1. The number of hydrogen-bond acceptors (Lipinski definition) is 2. The Kier molecular flexibility index (Phi) is 1.47. The third-order valence-corrected chi connectivity index (χ3v) is 1.97. The number of nitrogens with zero attached hydrogens (tertiary/aromatic N) is 1. The molecule has 0 bridgehead atoms. The van der Waals surface area contributed by atoms with Crippen LogP contribution in [0.3, 0.4) is 0 Å². The molecule has 0 amide bonds. The zero-order valence-electron chi connectivity index (χ0n) is 6.91. The Hall–Kier alpha value is -1.57. The zero-order chi connectivity index (χ0) is 8.55. The molecule has 0 aliphatic rings. The average Bonchev–Trinajstić information content (AvgIpc) is 2.04. The second kappa shape index (κ2) is 2.48. The van der Waals surface area contributed by atoms with Crippen LogP contribution in [0.2, 0.25) is 0 Å². The van der Waals surface area contributed by atoms with Crippen LogP contribution in [0.5, 0.6) is 0 Å². The monoisotopic (exact) mass is 158 g/mol. The lowest BCUT2D eigenvalue weighted by Crippen LogP contribution is -1.90. The number of anilines is 1. The van der Waals surface area contributed by atoms with Gasteiger partial charge in [0.05, 0.1) is 5.52 Å². The van der Waals surface area contributed by atoms with Crippen molar-refractivity contribution >= 4 is 16.7 Å². The van der Waals surface area contributed by atoms with E-state index in [-0.39, 0.29) is 0 Å². The fraction of sp³-hybridized carbons (Fsp3) is 0.100. The number of nitrogen functional groups attached to an aromatic ring is 1. The highest BCUT2D eigenvalue weighted by atomic mass is 14.8. The number of fused-ring (bicyclic) bond motifs is 1. The topological polar surface area (TPSA) is 38.9 Å². The maximum Gasteiger partial charge on any atom is 0.124 e. The minimum atomic E-state index is 0.577. The minimum absolute atomic E-state index is 0.577. The molecule has 0 atom stereocenters. The highest BCUT2D eigenvalue weighted by Gasteiger charge is 1.96. The third kappa shape index (κ3) is 1.01. The number of aromatic nitrogens is 1. The second-order valence-corrected chi connectivity index (χ2v) is 2.88. The normalized spacial score (nSPS) is 10.4. The van der Waals surface area contributed by atoms with Gasteiger partial charge in [0, 0.05) is 5.39 Å². The summed E-state index contributed by atoms with van der Waals surface area (Å²) in [6.07, 6.45) is 0. The SMILES string of the molecule is Cc1cccc2nc(N)ccc12. The van der Waals surface area contributed by atoms with E-state index in [0.29, 0.717) is 5.82 Å². The van der Waals surface area contributed by atoms with Crippen molar-refractivity contribution in [2.75, 3.05) is 5.73 Å². The van der Waals surface area contributed by atoms with Gasteiger partial charge in [0.15, 0.2) is 0 Å². The molecular weight excluding hydrogens is 148 g/mol. The summed E-state index contributed by atoms with van der Waals surface area (Å²) in [5.74, 6) is 0.577. The predicted molar refractivity (Wildman–Crippen MR) is 50.9 cm³/mol. The lowest BCUT2D eigenvalue weighted by Gasteiger charge is -2.00. The van der Waals surface area contributed by atoms with E-state index < -0.39 is 0 Å². The van der Waals surface area contributed by atoms with Crippen LogP contribution in [0.25, 0.3) is 10.9 Å². The quantitative estimate of drug-likeness (QED) is 0.637. The van der Waals surface area contributed by atoms with Gasteiger partial charge in [0.1, 0.15) is 5.82 Å². The van der Waals surface area contributed by atoms with Crippen LogP contribution in [-0.2, 0) is 0 Å². The van der Waals surface area contributed by atoms with Crippen molar-refractivity contribution in [3.05, 3.63) is 35.9 Å². The smallest absolute Gasteiger partial charge is 0.124 e. The Bertz CT molecular complexity index is 421. The molecule has 0 fully saturated rings. The van der Waals surface area contributed by atoms with Gasteiger partial charge < -0.3 is 5.73 Å². The molecule has 2 aromatic rings. The van der Waals surface area contributed by atoms with Crippen molar-refractivity contribution in [2.24, 2.45) is 0 Å². The van der Waals surface area contributed by atoms with E-state index in [1.165, 1.54) is 10.9 Å². The van der Waals surface area contributed by atoms with Crippen molar-refractivity contribution < 1.29 is 0 Å². The highest BCUT2D eigenvalue weighted by Crippen LogP contribution is 2.16. The Labute approximate surface area is 71.0 Å². The standard InChI is InChI=1S/C10H10N2/c1-7-3-2-4-9-8(7)5-6-10(11)12-9/h2-6H,1H3,(H2,11,12). The van der Waals surface area contributed by atoms with Gasteiger partial charge in [-0.05, 0) is 30.7 Å². The summed E-state index contributed by atoms with van der Waals surface area (Å²) in [4.78, 5) is 4.21. The fourth-order valence-corrected chi connectivity index (χ4v) is 1.32. The molecule has 2 nitrogen and oxygen atoms in total. The van der Waals surface area contributed by atoms with Crippen molar-refractivity contribution in [3.63, 3.8) is 0 Å². The summed E-state index contributed by atoms with van der Waals surface area (Å²) in [5.41, 5.74) is 7.77. The molecule has 0 spiro atoms. The van der Waals surface area contributed by atoms with Crippen molar-refractivity contribution in [2.45, 2.75) is 6.92 Å². The largest absolute Gasteiger partial charge is 0.384 e.